The van der Waals surface area contributed by atoms with Gasteiger partial charge in [0.05, 0.1) is 0 Å². The molecule has 0 nitrogen and oxygen atoms in total. The predicted molar refractivity (Wildman–Crippen MR) is 82.7 cm³/mol. The van der Waals surface area contributed by atoms with E-state index in [9.17, 15) is 0 Å². The third-order valence-electron chi connectivity index (χ3n) is 5.30. The predicted octanol–water partition coefficient (Wildman–Crippen LogP) is 6.16. The molecule has 0 saturated heterocycles. The zero-order chi connectivity index (χ0) is 14.4. The first-order valence-electron chi connectivity index (χ1n) is 7.83. The third kappa shape index (κ3) is 3.75. The van der Waals surface area contributed by atoms with Gasteiger partial charge in [0.1, 0.15) is 0 Å². The molecular formula is C18H36. The first kappa shape index (κ1) is 16.1. The van der Waals surface area contributed by atoms with Crippen molar-refractivity contribution in [2.24, 2.45) is 34.0 Å². The molecule has 108 valence electrons. The molecule has 1 aliphatic carbocycles. The molecule has 0 aromatic rings. The first-order valence-corrected chi connectivity index (χ1v) is 7.83. The molecule has 0 radical (unpaired) electrons. The number of rotatable bonds is 0. The van der Waals surface area contributed by atoms with Gasteiger partial charge in [0, 0.05) is 0 Å². The summed E-state index contributed by atoms with van der Waals surface area (Å²) in [4.78, 5) is 0. The van der Waals surface area contributed by atoms with E-state index < -0.39 is 0 Å². The first-order chi connectivity index (χ1) is 7.83. The molecule has 0 aliphatic heterocycles. The van der Waals surface area contributed by atoms with Gasteiger partial charge < -0.3 is 0 Å². The van der Waals surface area contributed by atoms with Crippen molar-refractivity contribution in [2.75, 3.05) is 0 Å². The van der Waals surface area contributed by atoms with Gasteiger partial charge in [-0.1, -0.05) is 62.3 Å². The summed E-state index contributed by atoms with van der Waals surface area (Å²) in [5.74, 6) is 2.66. The maximum Gasteiger partial charge on any atom is -0.0329 e. The van der Waals surface area contributed by atoms with Crippen molar-refractivity contribution in [1.29, 1.82) is 0 Å². The second kappa shape index (κ2) is 4.84. The summed E-state index contributed by atoms with van der Waals surface area (Å²) in [5, 5.41) is 0. The van der Waals surface area contributed by atoms with E-state index in [0.717, 1.165) is 17.8 Å². The normalized spacial score (nSPS) is 31.5. The minimum atomic E-state index is 0.446. The lowest BCUT2D eigenvalue weighted by Crippen LogP contribution is -2.42. The highest BCUT2D eigenvalue weighted by Crippen LogP contribution is 2.53. The molecule has 0 N–H and O–H groups in total. The van der Waals surface area contributed by atoms with Crippen LogP contribution in [0.3, 0.4) is 0 Å². The molecule has 0 heterocycles. The minimum Gasteiger partial charge on any atom is -0.0599 e. The van der Waals surface area contributed by atoms with Gasteiger partial charge in [-0.25, -0.2) is 0 Å². The van der Waals surface area contributed by atoms with Gasteiger partial charge in [0.2, 0.25) is 0 Å². The number of hydrogen-bond donors (Lipinski definition) is 0. The molecule has 3 atom stereocenters. The van der Waals surface area contributed by atoms with E-state index in [4.69, 9.17) is 0 Å². The van der Waals surface area contributed by atoms with Crippen LogP contribution in [0.15, 0.2) is 0 Å². The Kier molecular flexibility index (Phi) is 4.31. The maximum absolute atomic E-state index is 2.45. The minimum absolute atomic E-state index is 0.446. The van der Waals surface area contributed by atoms with Crippen molar-refractivity contribution < 1.29 is 0 Å². The Morgan fingerprint density at radius 2 is 1.00 bits per heavy atom. The van der Waals surface area contributed by atoms with Crippen LogP contribution < -0.4 is 0 Å². The highest BCUT2D eigenvalue weighted by Gasteiger charge is 2.44. The molecular weight excluding hydrogens is 216 g/mol. The lowest BCUT2D eigenvalue weighted by molar-refractivity contribution is -0.0138. The molecule has 1 saturated carbocycles. The van der Waals surface area contributed by atoms with Crippen LogP contribution in [-0.2, 0) is 0 Å². The fourth-order valence-corrected chi connectivity index (χ4v) is 3.95. The highest BCUT2D eigenvalue weighted by atomic mass is 14.5. The van der Waals surface area contributed by atoms with Crippen molar-refractivity contribution in [3.63, 3.8) is 0 Å². The molecule has 0 heteroatoms. The van der Waals surface area contributed by atoms with E-state index in [1.807, 2.05) is 0 Å². The molecule has 0 bridgehead atoms. The van der Waals surface area contributed by atoms with E-state index >= 15 is 0 Å². The van der Waals surface area contributed by atoms with E-state index in [2.05, 4.69) is 62.3 Å². The molecule has 0 spiro atoms. The van der Waals surface area contributed by atoms with Crippen molar-refractivity contribution in [3.8, 4) is 0 Å². The van der Waals surface area contributed by atoms with Crippen LogP contribution in [0.4, 0.5) is 0 Å². The second-order valence-electron chi connectivity index (χ2n) is 9.82. The SMILES string of the molecule is CC(C)(C)C1CCC(C(C)(C)C)C(C(C)(C)C)C1. The Hall–Kier alpha value is 0. The Bertz CT molecular complexity index is 266. The van der Waals surface area contributed by atoms with E-state index in [-0.39, 0.29) is 0 Å². The summed E-state index contributed by atoms with van der Waals surface area (Å²) in [5.41, 5.74) is 1.38. The van der Waals surface area contributed by atoms with E-state index in [0.29, 0.717) is 16.2 Å². The van der Waals surface area contributed by atoms with Crippen LogP contribution in [0.25, 0.3) is 0 Å². The monoisotopic (exact) mass is 252 g/mol. The van der Waals surface area contributed by atoms with Gasteiger partial charge in [-0.3, -0.25) is 0 Å². The van der Waals surface area contributed by atoms with Crippen molar-refractivity contribution in [1.82, 2.24) is 0 Å². The van der Waals surface area contributed by atoms with Gasteiger partial charge in [-0.2, -0.15) is 0 Å². The van der Waals surface area contributed by atoms with Crippen LogP contribution in [0.2, 0.25) is 0 Å². The zero-order valence-corrected chi connectivity index (χ0v) is 14.4. The summed E-state index contributed by atoms with van der Waals surface area (Å²) in [7, 11) is 0. The van der Waals surface area contributed by atoms with Crippen molar-refractivity contribution in [3.05, 3.63) is 0 Å². The van der Waals surface area contributed by atoms with Crippen LogP contribution in [-0.4, -0.2) is 0 Å². The van der Waals surface area contributed by atoms with Gasteiger partial charge >= 0.3 is 0 Å². The third-order valence-corrected chi connectivity index (χ3v) is 5.30. The number of hydrogen-bond acceptors (Lipinski definition) is 0. The summed E-state index contributed by atoms with van der Waals surface area (Å²) in [6.07, 6.45) is 4.28. The lowest BCUT2D eigenvalue weighted by Gasteiger charge is -2.51. The Labute approximate surface area is 116 Å². The molecule has 1 fully saturated rings. The van der Waals surface area contributed by atoms with Crippen LogP contribution in [0.1, 0.15) is 81.6 Å². The van der Waals surface area contributed by atoms with E-state index in [1.165, 1.54) is 19.3 Å². The fourth-order valence-electron chi connectivity index (χ4n) is 3.95. The molecule has 0 aromatic heterocycles. The molecule has 0 aromatic carbocycles. The summed E-state index contributed by atoms with van der Waals surface area (Å²) in [6.45, 7) is 21.9. The van der Waals surface area contributed by atoms with Crippen LogP contribution in [0.5, 0.6) is 0 Å². The molecule has 3 unspecified atom stereocenters. The molecule has 1 aliphatic rings. The second-order valence-corrected chi connectivity index (χ2v) is 9.82. The van der Waals surface area contributed by atoms with Crippen molar-refractivity contribution >= 4 is 0 Å². The molecule has 0 amide bonds. The standard InChI is InChI=1S/C18H36/c1-16(2,3)13-10-11-14(17(4,5)6)15(12-13)18(7,8)9/h13-15H,10-12H2,1-9H3. The Morgan fingerprint density at radius 3 is 1.33 bits per heavy atom. The van der Waals surface area contributed by atoms with Crippen LogP contribution >= 0.6 is 0 Å². The topological polar surface area (TPSA) is 0 Å². The van der Waals surface area contributed by atoms with Gasteiger partial charge in [0.25, 0.3) is 0 Å². The fraction of sp³-hybridized carbons (Fsp3) is 1.00. The highest BCUT2D eigenvalue weighted by molar-refractivity contribution is 4.94. The van der Waals surface area contributed by atoms with Crippen LogP contribution in [0, 0.1) is 34.0 Å². The van der Waals surface area contributed by atoms with Crippen molar-refractivity contribution in [2.45, 2.75) is 81.6 Å². The summed E-state index contributed by atoms with van der Waals surface area (Å²) in [6, 6.07) is 0. The Morgan fingerprint density at radius 1 is 0.556 bits per heavy atom. The maximum atomic E-state index is 2.45. The van der Waals surface area contributed by atoms with E-state index in [1.54, 1.807) is 0 Å². The molecule has 1 rings (SSSR count). The smallest absolute Gasteiger partial charge is 0.0329 e. The average Bonchev–Trinajstić information content (AvgIpc) is 2.12. The lowest BCUT2D eigenvalue weighted by atomic mass is 9.54. The van der Waals surface area contributed by atoms with Gasteiger partial charge in [-0.15, -0.1) is 0 Å². The average molecular weight is 252 g/mol. The summed E-state index contributed by atoms with van der Waals surface area (Å²) >= 11 is 0. The Balaban J connectivity index is 2.94. The summed E-state index contributed by atoms with van der Waals surface area (Å²) < 4.78 is 0. The van der Waals surface area contributed by atoms with Gasteiger partial charge in [-0.05, 0) is 53.3 Å². The van der Waals surface area contributed by atoms with Gasteiger partial charge in [0.15, 0.2) is 0 Å². The largest absolute Gasteiger partial charge is 0.0599 e. The molecule has 18 heavy (non-hydrogen) atoms. The quantitative estimate of drug-likeness (QED) is 0.484. The zero-order valence-electron chi connectivity index (χ0n) is 14.4.